The van der Waals surface area contributed by atoms with Gasteiger partial charge in [0.15, 0.2) is 0 Å². The zero-order valence-electron chi connectivity index (χ0n) is 8.42. The van der Waals surface area contributed by atoms with Gasteiger partial charge in [0.25, 0.3) is 0 Å². The van der Waals surface area contributed by atoms with Crippen LogP contribution in [0.1, 0.15) is 33.1 Å². The fraction of sp³-hybridized carbons (Fsp3) is 0.800. The van der Waals surface area contributed by atoms with E-state index in [0.717, 1.165) is 0 Å². The molecule has 0 aliphatic heterocycles. The summed E-state index contributed by atoms with van der Waals surface area (Å²) >= 11 is 0. The number of hydrogen-bond donors (Lipinski definition) is 0. The highest BCUT2D eigenvalue weighted by Crippen LogP contribution is 2.47. The van der Waals surface area contributed by atoms with Gasteiger partial charge in [0.1, 0.15) is 0 Å². The van der Waals surface area contributed by atoms with Crippen LogP contribution in [0.25, 0.3) is 0 Å². The summed E-state index contributed by atoms with van der Waals surface area (Å²) in [6.45, 7) is 4.07. The smallest absolute Gasteiger partial charge is 0.374 e. The molecule has 0 aromatic carbocycles. The minimum Gasteiger partial charge on any atom is -0.463 e. The number of ether oxygens (including phenoxy) is 1. The van der Waals surface area contributed by atoms with Gasteiger partial charge in [-0.1, -0.05) is 13.8 Å². The highest BCUT2D eigenvalue weighted by atomic mass is 16.5. The molecule has 0 aromatic heterocycles. The van der Waals surface area contributed by atoms with Gasteiger partial charge in [0.05, 0.1) is 7.11 Å². The van der Waals surface area contributed by atoms with Crippen molar-refractivity contribution in [1.82, 2.24) is 0 Å². The molecule has 0 heterocycles. The molecule has 0 aromatic rings. The van der Waals surface area contributed by atoms with Crippen LogP contribution < -0.4 is 0 Å². The van der Waals surface area contributed by atoms with E-state index in [2.05, 4.69) is 4.74 Å². The Morgan fingerprint density at radius 3 is 2.31 bits per heavy atom. The first-order chi connectivity index (χ1) is 5.97. The predicted octanol–water partition coefficient (Wildman–Crippen LogP) is 1.55. The molecule has 3 nitrogen and oxygen atoms in total. The first kappa shape index (κ1) is 10.2. The molecule has 0 bridgehead atoms. The van der Waals surface area contributed by atoms with Gasteiger partial charge in [-0.25, -0.2) is 4.79 Å². The average molecular weight is 184 g/mol. The summed E-state index contributed by atoms with van der Waals surface area (Å²) in [6, 6.07) is 0. The van der Waals surface area contributed by atoms with Crippen molar-refractivity contribution in [3.8, 4) is 0 Å². The fourth-order valence-electron chi connectivity index (χ4n) is 1.61. The zero-order valence-corrected chi connectivity index (χ0v) is 8.42. The van der Waals surface area contributed by atoms with Crippen molar-refractivity contribution >= 4 is 11.8 Å². The van der Waals surface area contributed by atoms with Crippen molar-refractivity contribution in [3.63, 3.8) is 0 Å². The van der Waals surface area contributed by atoms with E-state index in [1.807, 2.05) is 13.8 Å². The Balaban J connectivity index is 2.47. The SMILES string of the molecule is COC(=O)C(=O)CC(C)(C)C1CC1. The second kappa shape index (κ2) is 3.48. The third-order valence-corrected chi connectivity index (χ3v) is 2.71. The molecule has 1 saturated carbocycles. The van der Waals surface area contributed by atoms with Gasteiger partial charge < -0.3 is 4.74 Å². The third kappa shape index (κ3) is 2.54. The molecule has 1 aliphatic carbocycles. The van der Waals surface area contributed by atoms with Crippen LogP contribution in [0.5, 0.6) is 0 Å². The molecular formula is C10H16O3. The highest BCUT2D eigenvalue weighted by molar-refractivity contribution is 6.33. The van der Waals surface area contributed by atoms with Crippen LogP contribution >= 0.6 is 0 Å². The molecule has 1 fully saturated rings. The standard InChI is InChI=1S/C10H16O3/c1-10(2,7-4-5-7)6-8(11)9(12)13-3/h7H,4-6H2,1-3H3. The Morgan fingerprint density at radius 2 is 1.92 bits per heavy atom. The molecule has 0 radical (unpaired) electrons. The quantitative estimate of drug-likeness (QED) is 0.492. The second-order valence-electron chi connectivity index (χ2n) is 4.35. The summed E-state index contributed by atoms with van der Waals surface area (Å²) in [5.74, 6) is -0.505. The van der Waals surface area contributed by atoms with E-state index in [4.69, 9.17) is 0 Å². The largest absolute Gasteiger partial charge is 0.463 e. The summed E-state index contributed by atoms with van der Waals surface area (Å²) < 4.78 is 4.37. The van der Waals surface area contributed by atoms with E-state index in [9.17, 15) is 9.59 Å². The van der Waals surface area contributed by atoms with Gasteiger partial charge in [-0.2, -0.15) is 0 Å². The Kier molecular flexibility index (Phi) is 2.74. The maximum absolute atomic E-state index is 11.2. The predicted molar refractivity (Wildman–Crippen MR) is 48.1 cm³/mol. The molecule has 0 atom stereocenters. The molecule has 1 aliphatic rings. The summed E-state index contributed by atoms with van der Waals surface area (Å²) in [5.41, 5.74) is -0.0364. The first-order valence-electron chi connectivity index (χ1n) is 4.58. The zero-order chi connectivity index (χ0) is 10.1. The number of rotatable bonds is 4. The lowest BCUT2D eigenvalue weighted by atomic mass is 9.82. The van der Waals surface area contributed by atoms with Gasteiger partial charge >= 0.3 is 5.97 Å². The van der Waals surface area contributed by atoms with Gasteiger partial charge in [0.2, 0.25) is 5.78 Å². The summed E-state index contributed by atoms with van der Waals surface area (Å²) in [4.78, 5) is 22.1. The number of hydrogen-bond acceptors (Lipinski definition) is 3. The van der Waals surface area contributed by atoms with E-state index in [1.54, 1.807) is 0 Å². The molecule has 13 heavy (non-hydrogen) atoms. The van der Waals surface area contributed by atoms with Crippen LogP contribution in [0.4, 0.5) is 0 Å². The topological polar surface area (TPSA) is 43.4 Å². The molecular weight excluding hydrogens is 168 g/mol. The van der Waals surface area contributed by atoms with E-state index in [0.29, 0.717) is 12.3 Å². The fourth-order valence-corrected chi connectivity index (χ4v) is 1.61. The Morgan fingerprint density at radius 1 is 1.38 bits per heavy atom. The highest BCUT2D eigenvalue weighted by Gasteiger charge is 2.40. The summed E-state index contributed by atoms with van der Waals surface area (Å²) in [7, 11) is 1.24. The van der Waals surface area contributed by atoms with Gasteiger partial charge in [0, 0.05) is 6.42 Å². The minimum atomic E-state index is -0.714. The molecule has 0 unspecified atom stereocenters. The number of carbonyl (C=O) groups excluding carboxylic acids is 2. The molecule has 74 valence electrons. The number of Topliss-reactive ketones (excluding diaryl/α,β-unsaturated/α-hetero) is 1. The van der Waals surface area contributed by atoms with Crippen molar-refractivity contribution in [2.24, 2.45) is 11.3 Å². The van der Waals surface area contributed by atoms with Gasteiger partial charge in [-0.3, -0.25) is 4.79 Å². The van der Waals surface area contributed by atoms with Crippen LogP contribution in [-0.4, -0.2) is 18.9 Å². The van der Waals surface area contributed by atoms with Crippen LogP contribution in [0.3, 0.4) is 0 Å². The van der Waals surface area contributed by atoms with Crippen LogP contribution in [0.2, 0.25) is 0 Å². The third-order valence-electron chi connectivity index (χ3n) is 2.71. The summed E-state index contributed by atoms with van der Waals surface area (Å²) in [6.07, 6.45) is 2.67. The normalized spacial score (nSPS) is 16.8. The minimum absolute atomic E-state index is 0.0364. The molecule has 0 amide bonds. The van der Waals surface area contributed by atoms with Crippen molar-refractivity contribution in [3.05, 3.63) is 0 Å². The maximum atomic E-state index is 11.2. The van der Waals surface area contributed by atoms with Gasteiger partial charge in [-0.05, 0) is 24.2 Å². The van der Waals surface area contributed by atoms with Crippen molar-refractivity contribution < 1.29 is 14.3 Å². The lowest BCUT2D eigenvalue weighted by molar-refractivity contribution is -0.152. The molecule has 1 rings (SSSR count). The number of esters is 1. The molecule has 3 heteroatoms. The lowest BCUT2D eigenvalue weighted by Gasteiger charge is -2.22. The second-order valence-corrected chi connectivity index (χ2v) is 4.35. The van der Waals surface area contributed by atoms with Crippen molar-refractivity contribution in [2.45, 2.75) is 33.1 Å². The Hall–Kier alpha value is -0.860. The van der Waals surface area contributed by atoms with Crippen molar-refractivity contribution in [1.29, 1.82) is 0 Å². The van der Waals surface area contributed by atoms with E-state index in [-0.39, 0.29) is 5.41 Å². The first-order valence-corrected chi connectivity index (χ1v) is 4.58. The van der Waals surface area contributed by atoms with Crippen molar-refractivity contribution in [2.75, 3.05) is 7.11 Å². The maximum Gasteiger partial charge on any atom is 0.374 e. The van der Waals surface area contributed by atoms with E-state index < -0.39 is 11.8 Å². The molecule has 0 N–H and O–H groups in total. The average Bonchev–Trinajstić information content (AvgIpc) is 2.84. The number of ketones is 1. The number of carbonyl (C=O) groups is 2. The van der Waals surface area contributed by atoms with Gasteiger partial charge in [-0.15, -0.1) is 0 Å². The van der Waals surface area contributed by atoms with Crippen LogP contribution in [0.15, 0.2) is 0 Å². The van der Waals surface area contributed by atoms with E-state index in [1.165, 1.54) is 20.0 Å². The lowest BCUT2D eigenvalue weighted by Crippen LogP contribution is -2.25. The Labute approximate surface area is 78.5 Å². The van der Waals surface area contributed by atoms with E-state index >= 15 is 0 Å². The Bertz CT molecular complexity index is 226. The molecule has 0 saturated heterocycles. The van der Waals surface area contributed by atoms with Crippen LogP contribution in [0, 0.1) is 11.3 Å². The molecule has 0 spiro atoms. The summed E-state index contributed by atoms with van der Waals surface area (Å²) in [5, 5.41) is 0. The number of methoxy groups -OCH3 is 1. The monoisotopic (exact) mass is 184 g/mol. The van der Waals surface area contributed by atoms with Crippen LogP contribution in [-0.2, 0) is 14.3 Å².